The van der Waals surface area contributed by atoms with Gasteiger partial charge in [-0.15, -0.1) is 11.8 Å². The van der Waals surface area contributed by atoms with E-state index in [0.717, 1.165) is 5.56 Å². The third kappa shape index (κ3) is 2.34. The molecule has 2 atom stereocenters. The molecule has 3 heterocycles. The summed E-state index contributed by atoms with van der Waals surface area (Å²) in [6.45, 7) is 0. The van der Waals surface area contributed by atoms with Gasteiger partial charge in [-0.25, -0.2) is 4.79 Å². The lowest BCUT2D eigenvalue weighted by Crippen LogP contribution is -2.68. The van der Waals surface area contributed by atoms with Crippen LogP contribution in [-0.4, -0.2) is 44.0 Å². The maximum atomic E-state index is 11.8. The van der Waals surface area contributed by atoms with Crippen molar-refractivity contribution in [3.8, 4) is 0 Å². The molecule has 1 saturated heterocycles. The second kappa shape index (κ2) is 5.34. The van der Waals surface area contributed by atoms with Gasteiger partial charge in [-0.1, -0.05) is 18.2 Å². The number of hydrogen-bond acceptors (Lipinski definition) is 5. The number of pyridine rings is 1. The van der Waals surface area contributed by atoms with E-state index < -0.39 is 12.0 Å². The molecule has 0 unspecified atom stereocenters. The summed E-state index contributed by atoms with van der Waals surface area (Å²) in [6.07, 6.45) is 6.86. The maximum Gasteiger partial charge on any atom is 0.352 e. The van der Waals surface area contributed by atoms with Crippen molar-refractivity contribution in [3.05, 3.63) is 47.4 Å². The molecule has 0 saturated carbocycles. The van der Waals surface area contributed by atoms with Gasteiger partial charge < -0.3 is 10.8 Å². The molecule has 0 aromatic carbocycles. The lowest BCUT2D eigenvalue weighted by molar-refractivity contribution is -0.147. The monoisotopic (exact) mass is 303 g/mol. The molecular weight excluding hydrogens is 290 g/mol. The predicted molar refractivity (Wildman–Crippen MR) is 79.0 cm³/mol. The van der Waals surface area contributed by atoms with Crippen LogP contribution in [0.1, 0.15) is 5.56 Å². The predicted octanol–water partition coefficient (Wildman–Crippen LogP) is 0.676. The minimum atomic E-state index is -1.11. The van der Waals surface area contributed by atoms with Gasteiger partial charge in [0.25, 0.3) is 0 Å². The van der Waals surface area contributed by atoms with Gasteiger partial charge in [-0.2, -0.15) is 0 Å². The van der Waals surface area contributed by atoms with Crippen molar-refractivity contribution in [2.45, 2.75) is 11.4 Å². The van der Waals surface area contributed by atoms with E-state index in [4.69, 9.17) is 5.73 Å². The summed E-state index contributed by atoms with van der Waals surface area (Å²) >= 11 is 1.48. The molecule has 1 amide bonds. The van der Waals surface area contributed by atoms with Gasteiger partial charge in [-0.3, -0.25) is 14.7 Å². The maximum absolute atomic E-state index is 11.8. The number of hydrogen-bond donors (Lipinski definition) is 2. The molecule has 0 radical (unpaired) electrons. The van der Waals surface area contributed by atoms with Crippen LogP contribution in [0.15, 0.2) is 41.9 Å². The fraction of sp³-hybridized carbons (Fsp3) is 0.214. The zero-order chi connectivity index (χ0) is 15.0. The van der Waals surface area contributed by atoms with Crippen LogP contribution in [0.25, 0.3) is 6.08 Å². The Labute approximate surface area is 125 Å². The molecular formula is C14H13N3O3S. The first kappa shape index (κ1) is 13.8. The molecule has 2 aliphatic heterocycles. The van der Waals surface area contributed by atoms with Crippen molar-refractivity contribution in [1.29, 1.82) is 0 Å². The first-order valence-corrected chi connectivity index (χ1v) is 7.39. The molecule has 21 heavy (non-hydrogen) atoms. The van der Waals surface area contributed by atoms with Gasteiger partial charge in [0.15, 0.2) is 0 Å². The molecule has 3 N–H and O–H groups in total. The van der Waals surface area contributed by atoms with Gasteiger partial charge in [0.2, 0.25) is 5.91 Å². The van der Waals surface area contributed by atoms with Crippen LogP contribution in [0, 0.1) is 0 Å². The zero-order valence-corrected chi connectivity index (χ0v) is 11.8. The van der Waals surface area contributed by atoms with Crippen molar-refractivity contribution in [3.63, 3.8) is 0 Å². The molecule has 3 rings (SSSR count). The molecule has 0 aliphatic carbocycles. The number of fused-ring (bicyclic) bond motifs is 1. The Hall–Kier alpha value is -2.12. The number of β-lactam (4-membered cyclic amide) rings is 1. The highest BCUT2D eigenvalue weighted by Crippen LogP contribution is 2.39. The van der Waals surface area contributed by atoms with Crippen LogP contribution in [-0.2, 0) is 9.59 Å². The number of rotatable bonds is 3. The number of allylic oxidation sites excluding steroid dienone is 1. The summed E-state index contributed by atoms with van der Waals surface area (Å²) in [6, 6.07) is 3.07. The van der Waals surface area contributed by atoms with Crippen LogP contribution in [0.2, 0.25) is 0 Å². The highest BCUT2D eigenvalue weighted by Gasteiger charge is 2.51. The average molecular weight is 303 g/mol. The Morgan fingerprint density at radius 1 is 1.52 bits per heavy atom. The molecule has 6 nitrogen and oxygen atoms in total. The number of thioether (sulfide) groups is 1. The Bertz CT molecular complexity index is 657. The third-order valence-corrected chi connectivity index (χ3v) is 4.73. The molecule has 2 aliphatic rings. The molecule has 1 aromatic rings. The van der Waals surface area contributed by atoms with E-state index in [9.17, 15) is 14.7 Å². The normalized spacial score (nSPS) is 25.0. The lowest BCUT2D eigenvalue weighted by atomic mass is 10.0. The molecule has 1 aromatic heterocycles. The summed E-state index contributed by atoms with van der Waals surface area (Å²) in [5.74, 6) is -0.927. The standard InChI is InChI=1S/C14H13N3O3S/c15-10-12(18)17-11(14(19)20)9(7-21-13(10)17)4-3-8-2-1-5-16-6-8/h1-6,10,13H,7,15H2,(H,19,20)/t10-,13+/m1/s1. The number of nitrogens with two attached hydrogens (primary N) is 1. The second-order valence-corrected chi connectivity index (χ2v) is 5.84. The highest BCUT2D eigenvalue weighted by molar-refractivity contribution is 8.00. The Morgan fingerprint density at radius 3 is 3.00 bits per heavy atom. The number of carboxylic acid groups (broad SMARTS) is 1. The van der Waals surface area contributed by atoms with E-state index in [-0.39, 0.29) is 17.0 Å². The fourth-order valence-electron chi connectivity index (χ4n) is 2.34. The van der Waals surface area contributed by atoms with E-state index in [1.54, 1.807) is 30.6 Å². The van der Waals surface area contributed by atoms with Crippen molar-refractivity contribution in [1.82, 2.24) is 9.88 Å². The summed E-state index contributed by atoms with van der Waals surface area (Å²) in [5.41, 5.74) is 7.20. The van der Waals surface area contributed by atoms with Crippen molar-refractivity contribution in [2.75, 3.05) is 5.75 Å². The molecule has 7 heteroatoms. The number of carbonyl (C=O) groups excluding carboxylic acids is 1. The van der Waals surface area contributed by atoms with Crippen LogP contribution in [0.4, 0.5) is 0 Å². The zero-order valence-electron chi connectivity index (χ0n) is 11.0. The van der Waals surface area contributed by atoms with Crippen molar-refractivity contribution < 1.29 is 14.7 Å². The topological polar surface area (TPSA) is 96.5 Å². The van der Waals surface area contributed by atoms with Gasteiger partial charge in [0.05, 0.1) is 0 Å². The van der Waals surface area contributed by atoms with Crippen molar-refractivity contribution >= 4 is 29.7 Å². The van der Waals surface area contributed by atoms with Gasteiger partial charge in [-0.05, 0) is 17.2 Å². The first-order chi connectivity index (χ1) is 10.1. The van der Waals surface area contributed by atoms with Crippen molar-refractivity contribution in [2.24, 2.45) is 5.73 Å². The Balaban J connectivity index is 1.93. The quantitative estimate of drug-likeness (QED) is 0.797. The molecule has 108 valence electrons. The summed E-state index contributed by atoms with van der Waals surface area (Å²) in [7, 11) is 0. The summed E-state index contributed by atoms with van der Waals surface area (Å²) in [5, 5.41) is 9.12. The molecule has 0 bridgehead atoms. The van der Waals surface area contributed by atoms with E-state index in [1.807, 2.05) is 6.07 Å². The average Bonchev–Trinajstić information content (AvgIpc) is 2.52. The van der Waals surface area contributed by atoms with Crippen LogP contribution in [0.5, 0.6) is 0 Å². The van der Waals surface area contributed by atoms with Gasteiger partial charge in [0, 0.05) is 18.1 Å². The Kier molecular flexibility index (Phi) is 3.52. The van der Waals surface area contributed by atoms with E-state index >= 15 is 0 Å². The number of aliphatic carboxylic acids is 1. The number of carboxylic acids is 1. The molecule has 1 fully saturated rings. The van der Waals surface area contributed by atoms with Crippen LogP contribution < -0.4 is 5.73 Å². The smallest absolute Gasteiger partial charge is 0.352 e. The second-order valence-electron chi connectivity index (χ2n) is 4.73. The lowest BCUT2D eigenvalue weighted by Gasteiger charge is -2.47. The van der Waals surface area contributed by atoms with Gasteiger partial charge in [0.1, 0.15) is 17.1 Å². The van der Waals surface area contributed by atoms with E-state index in [0.29, 0.717) is 11.3 Å². The minimum absolute atomic E-state index is 0.0330. The summed E-state index contributed by atoms with van der Waals surface area (Å²) in [4.78, 5) is 28.5. The van der Waals surface area contributed by atoms with E-state index in [1.165, 1.54) is 16.7 Å². The van der Waals surface area contributed by atoms with Crippen LogP contribution >= 0.6 is 11.8 Å². The SMILES string of the molecule is N[C@@H]1C(=O)N2C(C(=O)O)=C(C=Cc3cccnc3)CS[C@@H]12. The highest BCUT2D eigenvalue weighted by atomic mass is 32.2. The number of aromatic nitrogens is 1. The number of nitrogens with zero attached hydrogens (tertiary/aromatic N) is 2. The molecule has 0 spiro atoms. The van der Waals surface area contributed by atoms with Crippen LogP contribution in [0.3, 0.4) is 0 Å². The minimum Gasteiger partial charge on any atom is -0.477 e. The van der Waals surface area contributed by atoms with Gasteiger partial charge >= 0.3 is 5.97 Å². The number of carbonyl (C=O) groups is 2. The number of amides is 1. The largest absolute Gasteiger partial charge is 0.477 e. The third-order valence-electron chi connectivity index (χ3n) is 3.40. The summed E-state index contributed by atoms with van der Waals surface area (Å²) < 4.78 is 0. The fourth-order valence-corrected chi connectivity index (χ4v) is 3.60. The first-order valence-electron chi connectivity index (χ1n) is 6.34. The Morgan fingerprint density at radius 2 is 2.33 bits per heavy atom. The van der Waals surface area contributed by atoms with E-state index in [2.05, 4.69) is 4.98 Å².